The van der Waals surface area contributed by atoms with E-state index in [1.807, 2.05) is 0 Å². The van der Waals surface area contributed by atoms with Gasteiger partial charge in [0.25, 0.3) is 0 Å². The van der Waals surface area contributed by atoms with Crippen LogP contribution in [0.25, 0.3) is 0 Å². The molecular weight excluding hydrogens is 270 g/mol. The minimum Gasteiger partial charge on any atom is -0.368 e. The molecule has 0 radical (unpaired) electrons. The lowest BCUT2D eigenvalue weighted by atomic mass is 9.84. The van der Waals surface area contributed by atoms with Crippen LogP contribution in [0.15, 0.2) is 24.8 Å². The van der Waals surface area contributed by atoms with Gasteiger partial charge in [0.15, 0.2) is 11.6 Å². The number of rotatable bonds is 3. The van der Waals surface area contributed by atoms with Crippen molar-refractivity contribution >= 4 is 0 Å². The van der Waals surface area contributed by atoms with Crippen molar-refractivity contribution in [2.75, 3.05) is 6.61 Å². The SMILES string of the molecule is C=CC1CCC2C(c3ccc(C4CO4)c(F)c3F)CCC12. The van der Waals surface area contributed by atoms with Crippen molar-refractivity contribution < 1.29 is 13.5 Å². The van der Waals surface area contributed by atoms with Gasteiger partial charge in [-0.1, -0.05) is 18.2 Å². The predicted octanol–water partition coefficient (Wildman–Crippen LogP) is 4.74. The molecule has 3 heteroatoms. The van der Waals surface area contributed by atoms with Gasteiger partial charge in [-0.25, -0.2) is 8.78 Å². The fourth-order valence-electron chi connectivity index (χ4n) is 4.67. The van der Waals surface area contributed by atoms with E-state index in [1.165, 1.54) is 0 Å². The van der Waals surface area contributed by atoms with E-state index in [0.717, 1.165) is 25.7 Å². The molecule has 0 spiro atoms. The number of fused-ring (bicyclic) bond motifs is 1. The molecule has 3 fully saturated rings. The van der Waals surface area contributed by atoms with Crippen LogP contribution < -0.4 is 0 Å². The van der Waals surface area contributed by atoms with Crippen molar-refractivity contribution in [3.05, 3.63) is 47.5 Å². The Hall–Kier alpha value is -1.22. The second-order valence-electron chi connectivity index (χ2n) is 6.68. The average Bonchev–Trinajstić information content (AvgIpc) is 3.11. The normalized spacial score (nSPS) is 37.5. The Balaban J connectivity index is 1.65. The molecular formula is C18H20F2O. The number of hydrogen-bond acceptors (Lipinski definition) is 1. The van der Waals surface area contributed by atoms with Crippen molar-refractivity contribution in [3.63, 3.8) is 0 Å². The molecule has 112 valence electrons. The highest BCUT2D eigenvalue weighted by Crippen LogP contribution is 2.55. The minimum atomic E-state index is -0.697. The van der Waals surface area contributed by atoms with Crippen LogP contribution in [-0.2, 0) is 4.74 Å². The summed E-state index contributed by atoms with van der Waals surface area (Å²) in [6, 6.07) is 3.52. The van der Waals surface area contributed by atoms with E-state index in [2.05, 4.69) is 12.7 Å². The van der Waals surface area contributed by atoms with Gasteiger partial charge in [0.2, 0.25) is 0 Å². The van der Waals surface area contributed by atoms with Gasteiger partial charge in [-0.15, -0.1) is 6.58 Å². The van der Waals surface area contributed by atoms with Gasteiger partial charge in [0.05, 0.1) is 6.61 Å². The van der Waals surface area contributed by atoms with E-state index in [-0.39, 0.29) is 12.0 Å². The van der Waals surface area contributed by atoms with Gasteiger partial charge in [-0.2, -0.15) is 0 Å². The van der Waals surface area contributed by atoms with E-state index < -0.39 is 11.6 Å². The van der Waals surface area contributed by atoms with E-state index in [9.17, 15) is 8.78 Å². The second-order valence-corrected chi connectivity index (χ2v) is 6.68. The Labute approximate surface area is 124 Å². The van der Waals surface area contributed by atoms with Gasteiger partial charge < -0.3 is 4.74 Å². The van der Waals surface area contributed by atoms with Crippen LogP contribution in [0.5, 0.6) is 0 Å². The van der Waals surface area contributed by atoms with E-state index in [1.54, 1.807) is 12.1 Å². The standard InChI is InChI=1S/C18H20F2O/c1-2-10-3-4-12-11(10)5-6-13(12)14-7-8-15(16-9-21-16)18(20)17(14)19/h2,7-8,10-13,16H,1,3-6,9H2. The molecule has 1 aromatic rings. The van der Waals surface area contributed by atoms with Gasteiger partial charge >= 0.3 is 0 Å². The quantitative estimate of drug-likeness (QED) is 0.578. The minimum absolute atomic E-state index is 0.170. The summed E-state index contributed by atoms with van der Waals surface area (Å²) in [5, 5.41) is 0. The highest BCUT2D eigenvalue weighted by atomic mass is 19.2. The summed E-state index contributed by atoms with van der Waals surface area (Å²) in [6.45, 7) is 4.43. The molecule has 1 saturated heterocycles. The lowest BCUT2D eigenvalue weighted by Crippen LogP contribution is -2.13. The van der Waals surface area contributed by atoms with Crippen LogP contribution in [0.4, 0.5) is 8.78 Å². The zero-order valence-corrected chi connectivity index (χ0v) is 12.0. The first-order valence-corrected chi connectivity index (χ1v) is 7.92. The molecule has 0 amide bonds. The van der Waals surface area contributed by atoms with Gasteiger partial charge in [-0.3, -0.25) is 0 Å². The maximum Gasteiger partial charge on any atom is 0.165 e. The zero-order valence-electron chi connectivity index (χ0n) is 12.0. The molecule has 3 aliphatic rings. The molecule has 5 atom stereocenters. The Kier molecular flexibility index (Phi) is 3.14. The maximum atomic E-state index is 14.5. The summed E-state index contributed by atoms with van der Waals surface area (Å²) in [6.07, 6.45) is 6.16. The van der Waals surface area contributed by atoms with Gasteiger partial charge in [-0.05, 0) is 54.9 Å². The van der Waals surface area contributed by atoms with Crippen LogP contribution in [0.2, 0.25) is 0 Å². The smallest absolute Gasteiger partial charge is 0.165 e. The predicted molar refractivity (Wildman–Crippen MR) is 76.9 cm³/mol. The summed E-state index contributed by atoms with van der Waals surface area (Å²) < 4.78 is 33.8. The molecule has 2 aliphatic carbocycles. The van der Waals surface area contributed by atoms with Gasteiger partial charge in [0, 0.05) is 5.56 Å². The van der Waals surface area contributed by atoms with E-state index in [0.29, 0.717) is 35.5 Å². The van der Waals surface area contributed by atoms with Crippen molar-refractivity contribution in [3.8, 4) is 0 Å². The number of ether oxygens (including phenoxy) is 1. The first kappa shape index (κ1) is 13.4. The Morgan fingerprint density at radius 1 is 1.00 bits per heavy atom. The second kappa shape index (κ2) is 4.91. The van der Waals surface area contributed by atoms with Crippen molar-refractivity contribution in [2.45, 2.75) is 37.7 Å². The molecule has 21 heavy (non-hydrogen) atoms. The summed E-state index contributed by atoms with van der Waals surface area (Å²) >= 11 is 0. The molecule has 0 N–H and O–H groups in total. The Morgan fingerprint density at radius 2 is 1.67 bits per heavy atom. The molecule has 1 aromatic carbocycles. The largest absolute Gasteiger partial charge is 0.368 e. The van der Waals surface area contributed by atoms with E-state index >= 15 is 0 Å². The van der Waals surface area contributed by atoms with E-state index in [4.69, 9.17) is 4.74 Å². The van der Waals surface area contributed by atoms with Crippen molar-refractivity contribution in [1.82, 2.24) is 0 Å². The molecule has 0 bridgehead atoms. The summed E-state index contributed by atoms with van der Waals surface area (Å²) in [4.78, 5) is 0. The fourth-order valence-corrected chi connectivity index (χ4v) is 4.67. The van der Waals surface area contributed by atoms with Gasteiger partial charge in [0.1, 0.15) is 6.10 Å². The molecule has 1 nitrogen and oxygen atoms in total. The number of halogens is 2. The highest BCUT2D eigenvalue weighted by molar-refractivity contribution is 5.33. The molecule has 0 aromatic heterocycles. The Bertz CT molecular complexity index is 579. The third kappa shape index (κ3) is 2.05. The van der Waals surface area contributed by atoms with Crippen LogP contribution >= 0.6 is 0 Å². The summed E-state index contributed by atoms with van der Waals surface area (Å²) in [7, 11) is 0. The summed E-state index contributed by atoms with van der Waals surface area (Å²) in [5.74, 6) is 0.495. The van der Waals surface area contributed by atoms with Crippen LogP contribution in [0.1, 0.15) is 48.8 Å². The van der Waals surface area contributed by atoms with Crippen LogP contribution in [0.3, 0.4) is 0 Å². The van der Waals surface area contributed by atoms with Crippen molar-refractivity contribution in [2.24, 2.45) is 17.8 Å². The lowest BCUT2D eigenvalue weighted by molar-refractivity contribution is 0.374. The Morgan fingerprint density at radius 3 is 2.38 bits per heavy atom. The molecule has 1 heterocycles. The third-order valence-corrected chi connectivity index (χ3v) is 5.79. The lowest BCUT2D eigenvalue weighted by Gasteiger charge is -2.21. The maximum absolute atomic E-state index is 14.5. The number of benzene rings is 1. The summed E-state index contributed by atoms with van der Waals surface area (Å²) in [5.41, 5.74) is 0.954. The highest BCUT2D eigenvalue weighted by Gasteiger charge is 2.45. The molecule has 1 aliphatic heterocycles. The molecule has 4 rings (SSSR count). The zero-order chi connectivity index (χ0) is 14.6. The number of epoxide rings is 1. The number of hydrogen-bond donors (Lipinski definition) is 0. The van der Waals surface area contributed by atoms with Crippen molar-refractivity contribution in [1.29, 1.82) is 0 Å². The molecule has 2 saturated carbocycles. The molecule has 5 unspecified atom stereocenters. The third-order valence-electron chi connectivity index (χ3n) is 5.79. The number of allylic oxidation sites excluding steroid dienone is 1. The monoisotopic (exact) mass is 290 g/mol. The van der Waals surface area contributed by atoms with Crippen LogP contribution in [0, 0.1) is 29.4 Å². The van der Waals surface area contributed by atoms with Crippen LogP contribution in [-0.4, -0.2) is 6.61 Å². The first-order chi connectivity index (χ1) is 10.2. The average molecular weight is 290 g/mol. The topological polar surface area (TPSA) is 12.5 Å². The fraction of sp³-hybridized carbons (Fsp3) is 0.556. The first-order valence-electron chi connectivity index (χ1n) is 7.92.